The van der Waals surface area contributed by atoms with E-state index in [0.29, 0.717) is 41.7 Å². The molecular formula is C64H78BN11NaO15. The summed E-state index contributed by atoms with van der Waals surface area (Å²) < 4.78 is 29.6. The van der Waals surface area contributed by atoms with Crippen LogP contribution in [0.4, 0.5) is 17.7 Å². The van der Waals surface area contributed by atoms with Crippen molar-refractivity contribution < 1.29 is 82.1 Å². The molecule has 28 heteroatoms. The molecule has 4 aromatic carbocycles. The van der Waals surface area contributed by atoms with Gasteiger partial charge >= 0.3 is 64.3 Å². The van der Waals surface area contributed by atoms with Gasteiger partial charge in [-0.1, -0.05) is 88.4 Å². The first kappa shape index (κ1) is 78.2. The summed E-state index contributed by atoms with van der Waals surface area (Å²) in [6, 6.07) is 40.3. The minimum absolute atomic E-state index is 0. The van der Waals surface area contributed by atoms with Crippen LogP contribution >= 0.6 is 0 Å². The Morgan fingerprint density at radius 3 is 1.11 bits per heavy atom. The van der Waals surface area contributed by atoms with Crippen LogP contribution in [0.3, 0.4) is 0 Å². The van der Waals surface area contributed by atoms with Crippen LogP contribution in [0.15, 0.2) is 153 Å². The van der Waals surface area contributed by atoms with Gasteiger partial charge in [0.25, 0.3) is 0 Å². The maximum absolute atomic E-state index is 13.6. The summed E-state index contributed by atoms with van der Waals surface area (Å²) in [5.41, 5.74) is 9.30. The molecular weight excluding hydrogens is 1200 g/mol. The largest absolute Gasteiger partial charge is 1.00 e. The Balaban J connectivity index is 0.000000493. The summed E-state index contributed by atoms with van der Waals surface area (Å²) in [5, 5.41) is 6.24. The van der Waals surface area contributed by atoms with E-state index in [9.17, 15) is 38.4 Å². The molecule has 0 aliphatic carbocycles. The van der Waals surface area contributed by atoms with Crippen LogP contribution in [-0.4, -0.2) is 98.9 Å². The van der Waals surface area contributed by atoms with Crippen molar-refractivity contribution in [1.29, 1.82) is 0 Å². The van der Waals surface area contributed by atoms with E-state index in [1.54, 1.807) is 83.0 Å². The average molecular weight is 1280 g/mol. The van der Waals surface area contributed by atoms with Crippen LogP contribution in [0, 0.1) is 0 Å². The molecule has 4 heterocycles. The Bertz CT molecular complexity index is 3800. The number of rotatable bonds is 22. The van der Waals surface area contributed by atoms with Crippen molar-refractivity contribution in [2.45, 2.75) is 107 Å². The number of carbonyl (C=O) groups is 4. The monoisotopic (exact) mass is 1270 g/mol. The maximum atomic E-state index is 13.6. The van der Waals surface area contributed by atoms with E-state index >= 15 is 0 Å². The zero-order valence-electron chi connectivity index (χ0n) is 52.7. The van der Waals surface area contributed by atoms with Crippen LogP contribution in [0.2, 0.25) is 0 Å². The van der Waals surface area contributed by atoms with Gasteiger partial charge in [0.05, 0.1) is 79.1 Å². The first-order valence-corrected chi connectivity index (χ1v) is 28.0. The summed E-state index contributed by atoms with van der Waals surface area (Å²) in [4.78, 5) is 116. The normalized spacial score (nSPS) is 9.85. The number of hydrogen-bond acceptors (Lipinski definition) is 22. The van der Waals surface area contributed by atoms with Crippen molar-refractivity contribution in [2.75, 3.05) is 44.8 Å². The topological polar surface area (TPSA) is 323 Å². The number of carbonyl (C=O) groups excluding carboxylic acids is 4. The van der Waals surface area contributed by atoms with Crippen LogP contribution in [0.1, 0.15) is 101 Å². The van der Waals surface area contributed by atoms with Gasteiger partial charge in [-0.3, -0.25) is 18.9 Å². The first-order chi connectivity index (χ1) is 43.3. The van der Waals surface area contributed by atoms with Gasteiger partial charge in [0, 0.05) is 32.9 Å². The quantitative estimate of drug-likeness (QED) is 0.0375. The Kier molecular flexibility index (Phi) is 35.9. The molecule has 483 valence electrons. The number of hydrogen-bond donors (Lipinski definition) is 3. The van der Waals surface area contributed by atoms with Crippen molar-refractivity contribution in [2.24, 2.45) is 0 Å². The molecule has 0 amide bonds. The number of aryl methyl sites for hydroxylation is 1. The molecule has 8 rings (SSSR count). The predicted octanol–water partition coefficient (Wildman–Crippen LogP) is 3.87. The van der Waals surface area contributed by atoms with Crippen molar-refractivity contribution in [3.05, 3.63) is 215 Å². The number of unbranched alkanes of at least 4 members (excludes halogenated alkanes) is 1. The van der Waals surface area contributed by atoms with Crippen LogP contribution in [0.5, 0.6) is 23.0 Å². The molecule has 0 aliphatic rings. The Morgan fingerprint density at radius 1 is 0.500 bits per heavy atom. The van der Waals surface area contributed by atoms with E-state index in [2.05, 4.69) is 55.0 Å². The third kappa shape index (κ3) is 27.1. The van der Waals surface area contributed by atoms with Crippen LogP contribution in [-0.2, 0) is 79.3 Å². The number of ether oxygens (including phenoxy) is 4. The van der Waals surface area contributed by atoms with E-state index in [0.717, 1.165) is 87.9 Å². The van der Waals surface area contributed by atoms with E-state index in [-0.39, 0.29) is 81.6 Å². The molecule has 0 spiro atoms. The minimum Gasteiger partial charge on any atom is -0.793 e. The van der Waals surface area contributed by atoms with Gasteiger partial charge in [-0.25, -0.2) is 52.7 Å². The number of aldehydes is 1. The fraction of sp³-hybridized carbons (Fsp3) is 0.312. The van der Waals surface area contributed by atoms with Crippen molar-refractivity contribution in [3.8, 4) is 23.0 Å². The molecule has 0 unspecified atom stereocenters. The number of nitrogens with two attached hydrogens (primary N) is 1. The number of methoxy groups -OCH3 is 4. The standard InChI is InChI=1S/C29H33N5O4.C25H26N6O4.C4H6O4.C3H6O.C2H3BO2.CH4.Na/c1-4-5-7-23-8-6-9-24(31-23)18-30-27-32-28(35)34(20-22-12-16-26(38-3)17-13-22)29(36)33(27)19-21-10-14-25(37-2)15-11-21;1-34-20-10-6-17(7-11-20)15-30-23(27-14-19-4-3-5-22(26)28-19)29-24(32)31(25(30)33)16-18-8-12-21(35-2)13-9-18;1-3(5)7-8-4(2)6;1-2-3-4;1-2(4)5-3;;/h6,8-17H,4-5,7,18-20H2,1-3H3,(H,30,32,35);3-13H,14-16H2,1-2H3,(H2,26,28)(H,27,29,32);1-2H3;3H,2H2,1H3;1H3;1H4;/q;;;;-1;;+1. The SMILES string of the molecule is C.CC(=O)OOC(C)=O.CCC=O.CCCCc1cccc(CNc2nc(=O)n(Cc3ccc(OC)cc3)c(=O)n2Cc2ccc(OC)cc2)n1.COc1ccc(Cn2c(NCc3cccc(N)n3)nc(=O)n(Cc3ccc(OC)cc3)c2=O)cc1.[B-]OC(C)=O.[Na+]. The molecule has 0 saturated carbocycles. The molecule has 0 bridgehead atoms. The van der Waals surface area contributed by atoms with Crippen LogP contribution < -0.4 is 87.6 Å². The predicted molar refractivity (Wildman–Crippen MR) is 344 cm³/mol. The number of nitrogen functional groups attached to an aromatic ring is 1. The number of nitrogens with one attached hydrogen (secondary N) is 2. The minimum atomic E-state index is -0.653. The van der Waals surface area contributed by atoms with Gasteiger partial charge in [0.2, 0.25) is 17.9 Å². The Morgan fingerprint density at radius 2 is 0.815 bits per heavy atom. The Hall–Kier alpha value is -9.86. The summed E-state index contributed by atoms with van der Waals surface area (Å²) in [5.74, 6) is 1.78. The second-order valence-electron chi connectivity index (χ2n) is 19.1. The summed E-state index contributed by atoms with van der Waals surface area (Å²) in [6.07, 6.45) is 4.59. The zero-order valence-corrected chi connectivity index (χ0v) is 54.7. The van der Waals surface area contributed by atoms with Crippen molar-refractivity contribution >= 4 is 50.0 Å². The van der Waals surface area contributed by atoms with Crippen LogP contribution in [0.25, 0.3) is 0 Å². The average Bonchev–Trinajstić information content (AvgIpc) is 0.817. The van der Waals surface area contributed by atoms with E-state index in [4.69, 9.17) is 29.7 Å². The summed E-state index contributed by atoms with van der Waals surface area (Å²) in [6.45, 7) is 8.65. The number of pyridine rings is 2. The number of anilines is 3. The van der Waals surface area contributed by atoms with Gasteiger partial charge in [0.1, 0.15) is 35.1 Å². The Labute approximate surface area is 556 Å². The number of benzene rings is 4. The smallest absolute Gasteiger partial charge is 0.793 e. The number of aromatic nitrogens is 8. The van der Waals surface area contributed by atoms with E-state index in [1.165, 1.54) is 16.1 Å². The number of nitrogens with zero attached hydrogens (tertiary/aromatic N) is 8. The van der Waals surface area contributed by atoms with E-state index in [1.807, 2.05) is 85.8 Å². The van der Waals surface area contributed by atoms with E-state index < -0.39 is 40.7 Å². The zero-order chi connectivity index (χ0) is 66.0. The summed E-state index contributed by atoms with van der Waals surface area (Å²) >= 11 is 0. The third-order valence-electron chi connectivity index (χ3n) is 12.2. The molecule has 0 saturated heterocycles. The van der Waals surface area contributed by atoms with Gasteiger partial charge in [-0.2, -0.15) is 9.97 Å². The first-order valence-electron chi connectivity index (χ1n) is 28.0. The molecule has 0 fully saturated rings. The van der Waals surface area contributed by atoms with Gasteiger partial charge in [-0.05, 0) is 108 Å². The third-order valence-corrected chi connectivity index (χ3v) is 12.2. The summed E-state index contributed by atoms with van der Waals surface area (Å²) in [7, 11) is 10.7. The molecule has 0 atom stereocenters. The molecule has 0 aliphatic heterocycles. The van der Waals surface area contributed by atoms with Crippen molar-refractivity contribution in [1.82, 2.24) is 38.2 Å². The molecule has 3 radical (unpaired) electrons. The molecule has 8 aromatic rings. The second kappa shape index (κ2) is 42.2. The fourth-order valence-electron chi connectivity index (χ4n) is 7.72. The van der Waals surface area contributed by atoms with Crippen molar-refractivity contribution in [3.63, 3.8) is 0 Å². The molecule has 92 heavy (non-hydrogen) atoms. The molecule has 26 nitrogen and oxygen atoms in total. The fourth-order valence-corrected chi connectivity index (χ4v) is 7.72. The van der Waals surface area contributed by atoms with Gasteiger partial charge in [0.15, 0.2) is 0 Å². The van der Waals surface area contributed by atoms with Gasteiger partial charge < -0.3 is 52.8 Å². The van der Waals surface area contributed by atoms with Gasteiger partial charge in [-0.15, -0.1) is 0 Å². The maximum Gasteiger partial charge on any atom is 1.00 e. The second-order valence-corrected chi connectivity index (χ2v) is 19.1. The molecule has 4 N–H and O–H groups in total. The molecule has 4 aromatic heterocycles.